The third-order valence-electron chi connectivity index (χ3n) is 3.76. The molecule has 0 bridgehead atoms. The second-order valence-corrected chi connectivity index (χ2v) is 7.60. The summed E-state index contributed by atoms with van der Waals surface area (Å²) < 4.78 is 10.4. The van der Waals surface area contributed by atoms with Gasteiger partial charge in [0.1, 0.15) is 0 Å². The molecule has 0 unspecified atom stereocenters. The van der Waals surface area contributed by atoms with Crippen molar-refractivity contribution in [1.29, 1.82) is 0 Å². The summed E-state index contributed by atoms with van der Waals surface area (Å²) in [4.78, 5) is 31.4. The standard InChI is InChI=1S/C19H25N3O4S/c1-12(2)22(13(3)4)18(23)10-25-19(24)15-8-6-7-9-16(15)27-11-17-20-14(5)21-26-17/h6-9,12-13H,10-11H2,1-5H3. The van der Waals surface area contributed by atoms with E-state index < -0.39 is 5.97 Å². The Balaban J connectivity index is 2.00. The lowest BCUT2D eigenvalue weighted by Gasteiger charge is -2.30. The number of amides is 1. The number of carbonyl (C=O) groups excluding carboxylic acids is 2. The smallest absolute Gasteiger partial charge is 0.339 e. The topological polar surface area (TPSA) is 85.5 Å². The second-order valence-electron chi connectivity index (χ2n) is 6.58. The predicted octanol–water partition coefficient (Wildman–Crippen LogP) is 3.47. The van der Waals surface area contributed by atoms with Crippen LogP contribution in [0.5, 0.6) is 0 Å². The van der Waals surface area contributed by atoms with E-state index in [0.717, 1.165) is 4.90 Å². The number of aromatic nitrogens is 2. The Morgan fingerprint density at radius 3 is 2.44 bits per heavy atom. The Bertz CT molecular complexity index is 781. The van der Waals surface area contributed by atoms with Gasteiger partial charge in [0, 0.05) is 17.0 Å². The van der Waals surface area contributed by atoms with Crippen LogP contribution in [0.25, 0.3) is 0 Å². The molecule has 0 atom stereocenters. The molecule has 2 aromatic rings. The number of aryl methyl sites for hydroxylation is 1. The molecule has 0 saturated carbocycles. The third-order valence-corrected chi connectivity index (χ3v) is 4.81. The Labute approximate surface area is 163 Å². The zero-order valence-electron chi connectivity index (χ0n) is 16.3. The molecule has 0 fully saturated rings. The average molecular weight is 391 g/mol. The number of hydrogen-bond acceptors (Lipinski definition) is 7. The fraction of sp³-hybridized carbons (Fsp3) is 0.474. The van der Waals surface area contributed by atoms with E-state index in [-0.39, 0.29) is 24.6 Å². The van der Waals surface area contributed by atoms with Gasteiger partial charge < -0.3 is 14.2 Å². The number of benzene rings is 1. The molecule has 27 heavy (non-hydrogen) atoms. The second kappa shape index (κ2) is 9.55. The lowest BCUT2D eigenvalue weighted by molar-refractivity contribution is -0.138. The molecular weight excluding hydrogens is 366 g/mol. The molecule has 0 saturated heterocycles. The molecule has 1 aromatic heterocycles. The van der Waals surface area contributed by atoms with E-state index in [9.17, 15) is 9.59 Å². The van der Waals surface area contributed by atoms with Crippen LogP contribution in [0.4, 0.5) is 0 Å². The molecule has 1 amide bonds. The van der Waals surface area contributed by atoms with Gasteiger partial charge in [-0.25, -0.2) is 4.79 Å². The molecule has 1 heterocycles. The van der Waals surface area contributed by atoms with Gasteiger partial charge in [-0.1, -0.05) is 17.3 Å². The van der Waals surface area contributed by atoms with Gasteiger partial charge in [-0.2, -0.15) is 4.98 Å². The summed E-state index contributed by atoms with van der Waals surface area (Å²) in [5, 5.41) is 3.75. The first-order valence-corrected chi connectivity index (χ1v) is 9.77. The molecule has 1 aromatic carbocycles. The van der Waals surface area contributed by atoms with E-state index in [2.05, 4.69) is 10.1 Å². The molecule has 0 spiro atoms. The Kier molecular flexibility index (Phi) is 7.41. The van der Waals surface area contributed by atoms with Crippen LogP contribution in [0, 0.1) is 6.92 Å². The number of ether oxygens (including phenoxy) is 1. The number of nitrogens with zero attached hydrogens (tertiary/aromatic N) is 3. The quantitative estimate of drug-likeness (QED) is 0.503. The molecule has 146 valence electrons. The summed E-state index contributed by atoms with van der Waals surface area (Å²) in [7, 11) is 0. The van der Waals surface area contributed by atoms with Gasteiger partial charge in [0.15, 0.2) is 12.4 Å². The highest BCUT2D eigenvalue weighted by Gasteiger charge is 2.22. The number of hydrogen-bond donors (Lipinski definition) is 0. The van der Waals surface area contributed by atoms with Gasteiger partial charge in [0.05, 0.1) is 11.3 Å². The summed E-state index contributed by atoms with van der Waals surface area (Å²) in [5.74, 6) is 0.760. The minimum absolute atomic E-state index is 0.0388. The van der Waals surface area contributed by atoms with Crippen molar-refractivity contribution in [3.05, 3.63) is 41.5 Å². The van der Waals surface area contributed by atoms with Gasteiger partial charge in [-0.05, 0) is 46.8 Å². The largest absolute Gasteiger partial charge is 0.452 e. The molecule has 0 aliphatic rings. The maximum atomic E-state index is 12.5. The Morgan fingerprint density at radius 2 is 1.85 bits per heavy atom. The predicted molar refractivity (Wildman–Crippen MR) is 102 cm³/mol. The molecule has 8 heteroatoms. The van der Waals surface area contributed by atoms with Crippen molar-refractivity contribution in [3.8, 4) is 0 Å². The molecule has 0 aliphatic carbocycles. The first-order chi connectivity index (χ1) is 12.8. The van der Waals surface area contributed by atoms with Gasteiger partial charge >= 0.3 is 5.97 Å². The minimum atomic E-state index is -0.527. The van der Waals surface area contributed by atoms with Gasteiger partial charge in [-0.3, -0.25) is 4.79 Å². The van der Waals surface area contributed by atoms with Gasteiger partial charge in [0.2, 0.25) is 5.89 Å². The summed E-state index contributed by atoms with van der Waals surface area (Å²) >= 11 is 1.40. The van der Waals surface area contributed by atoms with Crippen molar-refractivity contribution < 1.29 is 18.8 Å². The zero-order valence-corrected chi connectivity index (χ0v) is 17.1. The van der Waals surface area contributed by atoms with E-state index in [1.165, 1.54) is 11.8 Å². The highest BCUT2D eigenvalue weighted by atomic mass is 32.2. The van der Waals surface area contributed by atoms with Crippen molar-refractivity contribution in [2.75, 3.05) is 6.61 Å². The first-order valence-electron chi connectivity index (χ1n) is 8.79. The van der Waals surface area contributed by atoms with Gasteiger partial charge in [0.25, 0.3) is 5.91 Å². The van der Waals surface area contributed by atoms with Crippen molar-refractivity contribution >= 4 is 23.6 Å². The van der Waals surface area contributed by atoms with Crippen LogP contribution in [0.2, 0.25) is 0 Å². The van der Waals surface area contributed by atoms with E-state index in [1.54, 1.807) is 24.0 Å². The van der Waals surface area contributed by atoms with Crippen molar-refractivity contribution in [2.24, 2.45) is 0 Å². The summed E-state index contributed by atoms with van der Waals surface area (Å²) in [6.07, 6.45) is 0. The van der Waals surface area contributed by atoms with Crippen molar-refractivity contribution in [3.63, 3.8) is 0 Å². The number of esters is 1. The average Bonchev–Trinajstić information content (AvgIpc) is 3.03. The maximum Gasteiger partial charge on any atom is 0.339 e. The van der Waals surface area contributed by atoms with E-state index in [0.29, 0.717) is 23.0 Å². The molecule has 0 radical (unpaired) electrons. The first kappa shape index (κ1) is 21.0. The van der Waals surface area contributed by atoms with Crippen LogP contribution in [0.15, 0.2) is 33.7 Å². The van der Waals surface area contributed by atoms with Gasteiger partial charge in [-0.15, -0.1) is 11.8 Å². The summed E-state index contributed by atoms with van der Waals surface area (Å²) in [6, 6.07) is 7.17. The SMILES string of the molecule is Cc1noc(CSc2ccccc2C(=O)OCC(=O)N(C(C)C)C(C)C)n1. The van der Waals surface area contributed by atoms with Crippen LogP contribution in [0.3, 0.4) is 0 Å². The van der Waals surface area contributed by atoms with E-state index in [4.69, 9.17) is 9.26 Å². The lowest BCUT2D eigenvalue weighted by atomic mass is 10.2. The van der Waals surface area contributed by atoms with Crippen LogP contribution in [-0.4, -0.2) is 45.6 Å². The van der Waals surface area contributed by atoms with Crippen molar-refractivity contribution in [2.45, 2.75) is 57.4 Å². The summed E-state index contributed by atoms with van der Waals surface area (Å²) in [5.41, 5.74) is 0.409. The molecular formula is C19H25N3O4S. The fourth-order valence-corrected chi connectivity index (χ4v) is 3.63. The zero-order chi connectivity index (χ0) is 20.0. The number of rotatable bonds is 8. The molecule has 0 N–H and O–H groups in total. The van der Waals surface area contributed by atoms with Crippen LogP contribution < -0.4 is 0 Å². The maximum absolute atomic E-state index is 12.5. The fourth-order valence-electron chi connectivity index (χ4n) is 2.75. The normalized spacial score (nSPS) is 11.1. The van der Waals surface area contributed by atoms with Crippen LogP contribution in [-0.2, 0) is 15.3 Å². The lowest BCUT2D eigenvalue weighted by Crippen LogP contribution is -2.44. The molecule has 7 nitrogen and oxygen atoms in total. The minimum Gasteiger partial charge on any atom is -0.452 e. The third kappa shape index (κ3) is 5.82. The highest BCUT2D eigenvalue weighted by Crippen LogP contribution is 2.26. The number of carbonyl (C=O) groups is 2. The molecule has 0 aliphatic heterocycles. The Morgan fingerprint density at radius 1 is 1.19 bits per heavy atom. The summed E-state index contributed by atoms with van der Waals surface area (Å²) in [6.45, 7) is 9.21. The Hall–Kier alpha value is -2.35. The van der Waals surface area contributed by atoms with Crippen LogP contribution in [0.1, 0.15) is 49.8 Å². The van der Waals surface area contributed by atoms with E-state index >= 15 is 0 Å². The van der Waals surface area contributed by atoms with Crippen LogP contribution >= 0.6 is 11.8 Å². The highest BCUT2D eigenvalue weighted by molar-refractivity contribution is 7.98. The molecule has 2 rings (SSSR count). The number of thioether (sulfide) groups is 1. The van der Waals surface area contributed by atoms with E-state index in [1.807, 2.05) is 39.8 Å². The van der Waals surface area contributed by atoms with Crippen molar-refractivity contribution in [1.82, 2.24) is 15.0 Å². The monoisotopic (exact) mass is 391 g/mol.